The number of carboxylic acids is 1. The number of hydrogen-bond acceptors (Lipinski definition) is 2. The highest BCUT2D eigenvalue weighted by Crippen LogP contribution is 2.24. The Balaban J connectivity index is 2.45. The van der Waals surface area contributed by atoms with E-state index < -0.39 is 5.97 Å². The zero-order chi connectivity index (χ0) is 12.7. The Hall–Kier alpha value is -1.94. The molecule has 0 spiro atoms. The van der Waals surface area contributed by atoms with Crippen LogP contribution < -0.4 is 0 Å². The summed E-state index contributed by atoms with van der Waals surface area (Å²) in [6.45, 7) is 0. The molecule has 1 heterocycles. The summed E-state index contributed by atoms with van der Waals surface area (Å²) in [4.78, 5) is 15.6. The second-order valence-corrected chi connectivity index (χ2v) is 4.92. The Bertz CT molecular complexity index is 783. The topological polar surface area (TPSA) is 50.2 Å². The molecule has 0 aliphatic rings. The Morgan fingerprint density at radius 2 is 1.94 bits per heavy atom. The van der Waals surface area contributed by atoms with Gasteiger partial charge in [0.05, 0.1) is 16.6 Å². The van der Waals surface area contributed by atoms with Crippen molar-refractivity contribution in [2.45, 2.75) is 0 Å². The lowest BCUT2D eigenvalue weighted by Gasteiger charge is -2.04. The Morgan fingerprint density at radius 3 is 2.72 bits per heavy atom. The van der Waals surface area contributed by atoms with E-state index in [0.29, 0.717) is 5.52 Å². The molecular formula is C14H8BrNO2. The van der Waals surface area contributed by atoms with Gasteiger partial charge in [0.25, 0.3) is 0 Å². The number of aromatic nitrogens is 1. The van der Waals surface area contributed by atoms with Crippen LogP contribution in [0.5, 0.6) is 0 Å². The van der Waals surface area contributed by atoms with E-state index in [1.807, 2.05) is 30.3 Å². The summed E-state index contributed by atoms with van der Waals surface area (Å²) >= 11 is 3.39. The number of aromatic carboxylic acids is 1. The monoisotopic (exact) mass is 301 g/mol. The van der Waals surface area contributed by atoms with Gasteiger partial charge in [0.2, 0.25) is 0 Å². The molecule has 3 rings (SSSR count). The number of rotatable bonds is 1. The van der Waals surface area contributed by atoms with Gasteiger partial charge in [-0.05, 0) is 24.3 Å². The van der Waals surface area contributed by atoms with Crippen LogP contribution in [0.2, 0.25) is 0 Å². The molecule has 18 heavy (non-hydrogen) atoms. The number of para-hydroxylation sites is 1. The predicted octanol–water partition coefficient (Wildman–Crippen LogP) is 3.85. The fourth-order valence-electron chi connectivity index (χ4n) is 2.00. The molecular weight excluding hydrogens is 294 g/mol. The summed E-state index contributed by atoms with van der Waals surface area (Å²) in [5.41, 5.74) is 1.54. The van der Waals surface area contributed by atoms with Gasteiger partial charge in [-0.1, -0.05) is 34.1 Å². The number of hydrogen-bond donors (Lipinski definition) is 1. The summed E-state index contributed by atoms with van der Waals surface area (Å²) in [7, 11) is 0. The van der Waals surface area contributed by atoms with Crippen molar-refractivity contribution in [3.05, 3.63) is 52.5 Å². The van der Waals surface area contributed by atoms with E-state index in [0.717, 1.165) is 20.8 Å². The highest BCUT2D eigenvalue weighted by atomic mass is 79.9. The van der Waals surface area contributed by atoms with E-state index in [1.54, 1.807) is 12.1 Å². The van der Waals surface area contributed by atoms with Crippen LogP contribution in [0.1, 0.15) is 10.4 Å². The minimum atomic E-state index is -0.956. The normalized spacial score (nSPS) is 10.9. The lowest BCUT2D eigenvalue weighted by molar-refractivity contribution is 0.0699. The maximum Gasteiger partial charge on any atom is 0.337 e. The number of benzene rings is 2. The summed E-state index contributed by atoms with van der Waals surface area (Å²) in [5.74, 6) is -0.956. The van der Waals surface area contributed by atoms with Crippen molar-refractivity contribution in [3.8, 4) is 0 Å². The fraction of sp³-hybridized carbons (Fsp3) is 0. The Labute approximate surface area is 111 Å². The number of carboxylic acid groups (broad SMARTS) is 1. The van der Waals surface area contributed by atoms with Crippen molar-refractivity contribution in [1.29, 1.82) is 0 Å². The SMILES string of the molecule is O=C(O)c1cccc2cc3ccc(Br)cc3nc12. The van der Waals surface area contributed by atoms with Crippen LogP contribution in [-0.4, -0.2) is 16.1 Å². The third-order valence-corrected chi connectivity index (χ3v) is 3.33. The van der Waals surface area contributed by atoms with Crippen LogP contribution in [0.3, 0.4) is 0 Å². The largest absolute Gasteiger partial charge is 0.478 e. The fourth-order valence-corrected chi connectivity index (χ4v) is 2.35. The minimum absolute atomic E-state index is 0.231. The average Bonchev–Trinajstić information content (AvgIpc) is 2.35. The van der Waals surface area contributed by atoms with Gasteiger partial charge < -0.3 is 5.11 Å². The molecule has 88 valence electrons. The van der Waals surface area contributed by atoms with Gasteiger partial charge in [0.1, 0.15) is 0 Å². The third kappa shape index (κ3) is 1.75. The first-order valence-electron chi connectivity index (χ1n) is 5.37. The van der Waals surface area contributed by atoms with Gasteiger partial charge in [-0.3, -0.25) is 0 Å². The molecule has 0 atom stereocenters. The number of halogens is 1. The number of fused-ring (bicyclic) bond motifs is 2. The smallest absolute Gasteiger partial charge is 0.337 e. The molecule has 3 aromatic rings. The molecule has 0 amide bonds. The van der Waals surface area contributed by atoms with Crippen LogP contribution in [0, 0.1) is 0 Å². The Morgan fingerprint density at radius 1 is 1.11 bits per heavy atom. The molecule has 0 bridgehead atoms. The van der Waals surface area contributed by atoms with Gasteiger partial charge in [0.15, 0.2) is 0 Å². The van der Waals surface area contributed by atoms with Crippen LogP contribution in [0.25, 0.3) is 21.8 Å². The maximum absolute atomic E-state index is 11.2. The van der Waals surface area contributed by atoms with Gasteiger partial charge in [-0.2, -0.15) is 0 Å². The number of pyridine rings is 1. The van der Waals surface area contributed by atoms with Gasteiger partial charge in [0, 0.05) is 15.2 Å². The van der Waals surface area contributed by atoms with Gasteiger partial charge in [-0.15, -0.1) is 0 Å². The van der Waals surface area contributed by atoms with E-state index in [9.17, 15) is 4.79 Å². The molecule has 0 radical (unpaired) electrons. The summed E-state index contributed by atoms with van der Waals surface area (Å²) in [5, 5.41) is 11.0. The minimum Gasteiger partial charge on any atom is -0.478 e. The zero-order valence-electron chi connectivity index (χ0n) is 9.22. The lowest BCUT2D eigenvalue weighted by Crippen LogP contribution is -1.98. The molecule has 3 nitrogen and oxygen atoms in total. The standard InChI is InChI=1S/C14H8BrNO2/c15-10-5-4-8-6-9-2-1-3-11(14(17)18)13(9)16-12(8)7-10/h1-7H,(H,17,18). The lowest BCUT2D eigenvalue weighted by atomic mass is 10.1. The van der Waals surface area contributed by atoms with E-state index in [1.165, 1.54) is 0 Å². The van der Waals surface area contributed by atoms with Crippen LogP contribution in [0.4, 0.5) is 0 Å². The third-order valence-electron chi connectivity index (χ3n) is 2.83. The van der Waals surface area contributed by atoms with E-state index in [-0.39, 0.29) is 5.56 Å². The van der Waals surface area contributed by atoms with Crippen molar-refractivity contribution in [3.63, 3.8) is 0 Å². The first kappa shape index (κ1) is 11.2. The van der Waals surface area contributed by atoms with Crippen molar-refractivity contribution < 1.29 is 9.90 Å². The van der Waals surface area contributed by atoms with Crippen molar-refractivity contribution in [2.24, 2.45) is 0 Å². The van der Waals surface area contributed by atoms with E-state index in [2.05, 4.69) is 20.9 Å². The van der Waals surface area contributed by atoms with Crippen LogP contribution in [0.15, 0.2) is 46.9 Å². The second kappa shape index (κ2) is 4.07. The van der Waals surface area contributed by atoms with Gasteiger partial charge in [-0.25, -0.2) is 9.78 Å². The zero-order valence-corrected chi connectivity index (χ0v) is 10.8. The maximum atomic E-state index is 11.2. The van der Waals surface area contributed by atoms with Crippen LogP contribution >= 0.6 is 15.9 Å². The summed E-state index contributed by atoms with van der Waals surface area (Å²) in [6, 6.07) is 12.9. The predicted molar refractivity (Wildman–Crippen MR) is 73.9 cm³/mol. The number of carbonyl (C=O) groups is 1. The molecule has 0 saturated heterocycles. The molecule has 1 aromatic heterocycles. The number of nitrogens with zero attached hydrogens (tertiary/aromatic N) is 1. The van der Waals surface area contributed by atoms with Crippen molar-refractivity contribution in [2.75, 3.05) is 0 Å². The molecule has 4 heteroatoms. The molecule has 0 aliphatic carbocycles. The molecule has 2 aromatic carbocycles. The molecule has 1 N–H and O–H groups in total. The molecule has 0 fully saturated rings. The van der Waals surface area contributed by atoms with Crippen molar-refractivity contribution >= 4 is 43.7 Å². The molecule has 0 aliphatic heterocycles. The first-order valence-corrected chi connectivity index (χ1v) is 6.17. The average molecular weight is 302 g/mol. The van der Waals surface area contributed by atoms with E-state index in [4.69, 9.17) is 5.11 Å². The highest BCUT2D eigenvalue weighted by molar-refractivity contribution is 9.10. The van der Waals surface area contributed by atoms with Crippen molar-refractivity contribution in [1.82, 2.24) is 4.98 Å². The highest BCUT2D eigenvalue weighted by Gasteiger charge is 2.10. The Kier molecular flexibility index (Phi) is 2.52. The second-order valence-electron chi connectivity index (χ2n) is 4.01. The summed E-state index contributed by atoms with van der Waals surface area (Å²) < 4.78 is 0.926. The summed E-state index contributed by atoms with van der Waals surface area (Å²) in [6.07, 6.45) is 0. The first-order chi connectivity index (χ1) is 8.65. The quantitative estimate of drug-likeness (QED) is 0.695. The van der Waals surface area contributed by atoms with Crippen LogP contribution in [-0.2, 0) is 0 Å². The molecule has 0 unspecified atom stereocenters. The van der Waals surface area contributed by atoms with Gasteiger partial charge >= 0.3 is 5.97 Å². The molecule has 0 saturated carbocycles. The van der Waals surface area contributed by atoms with E-state index >= 15 is 0 Å².